The number of carbonyl (C=O) groups excluding carboxylic acids is 1. The highest BCUT2D eigenvalue weighted by atomic mass is 19.1. The van der Waals surface area contributed by atoms with Gasteiger partial charge in [0.1, 0.15) is 12.0 Å². The molecule has 0 aliphatic rings. The topological polar surface area (TPSA) is 26.3 Å². The molecule has 0 amide bonds. The van der Waals surface area contributed by atoms with Gasteiger partial charge in [0.2, 0.25) is 0 Å². The lowest BCUT2D eigenvalue weighted by Crippen LogP contribution is -1.93. The van der Waals surface area contributed by atoms with Gasteiger partial charge in [0.25, 0.3) is 0 Å². The maximum absolute atomic E-state index is 13.7. The fourth-order valence-electron chi connectivity index (χ4n) is 1.69. The van der Waals surface area contributed by atoms with Gasteiger partial charge in [-0.2, -0.15) is 0 Å². The minimum Gasteiger partial charge on any atom is -0.454 e. The van der Waals surface area contributed by atoms with Crippen molar-refractivity contribution in [3.63, 3.8) is 0 Å². The summed E-state index contributed by atoms with van der Waals surface area (Å²) in [5.41, 5.74) is 1.31. The Bertz CT molecular complexity index is 564. The van der Waals surface area contributed by atoms with Crippen molar-refractivity contribution in [2.75, 3.05) is 0 Å². The summed E-state index contributed by atoms with van der Waals surface area (Å²) in [6, 6.07) is 11.6. The Kier molecular flexibility index (Phi) is 3.72. The van der Waals surface area contributed by atoms with Crippen LogP contribution < -0.4 is 4.74 Å². The van der Waals surface area contributed by atoms with Crippen LogP contribution in [0, 0.1) is 5.82 Å². The van der Waals surface area contributed by atoms with Crippen LogP contribution in [-0.2, 0) is 6.42 Å². The van der Waals surface area contributed by atoms with E-state index in [1.54, 1.807) is 6.07 Å². The van der Waals surface area contributed by atoms with Gasteiger partial charge in [-0.25, -0.2) is 4.39 Å². The average Bonchev–Trinajstić information content (AvgIpc) is 2.41. The third kappa shape index (κ3) is 2.56. The standard InChI is InChI=1S/C15H13FO2/c1-2-12-5-3-4-6-14(12)18-15-8-7-11(10-17)9-13(15)16/h3-10H,2H2,1H3. The van der Waals surface area contributed by atoms with E-state index in [1.165, 1.54) is 12.1 Å². The number of ether oxygens (including phenoxy) is 1. The van der Waals surface area contributed by atoms with Gasteiger partial charge >= 0.3 is 0 Å². The van der Waals surface area contributed by atoms with Gasteiger partial charge in [0.05, 0.1) is 0 Å². The third-order valence-electron chi connectivity index (χ3n) is 2.67. The second-order valence-corrected chi connectivity index (χ2v) is 3.87. The van der Waals surface area contributed by atoms with Crippen LogP contribution in [-0.4, -0.2) is 6.29 Å². The van der Waals surface area contributed by atoms with E-state index in [2.05, 4.69) is 0 Å². The predicted octanol–water partition coefficient (Wildman–Crippen LogP) is 3.99. The lowest BCUT2D eigenvalue weighted by molar-refractivity contribution is 0.112. The molecule has 3 heteroatoms. The van der Waals surface area contributed by atoms with Crippen molar-refractivity contribution in [2.24, 2.45) is 0 Å². The Morgan fingerprint density at radius 3 is 2.61 bits per heavy atom. The van der Waals surface area contributed by atoms with E-state index in [9.17, 15) is 9.18 Å². The van der Waals surface area contributed by atoms with Crippen LogP contribution in [0.2, 0.25) is 0 Å². The maximum Gasteiger partial charge on any atom is 0.166 e. The Balaban J connectivity index is 2.31. The van der Waals surface area contributed by atoms with Gasteiger partial charge in [-0.05, 0) is 36.2 Å². The SMILES string of the molecule is CCc1ccccc1Oc1ccc(C=O)cc1F. The molecule has 0 spiro atoms. The molecule has 0 radical (unpaired) electrons. The molecule has 0 N–H and O–H groups in total. The fraction of sp³-hybridized carbons (Fsp3) is 0.133. The van der Waals surface area contributed by atoms with Crippen LogP contribution in [0.5, 0.6) is 11.5 Å². The number of benzene rings is 2. The van der Waals surface area contributed by atoms with Crippen LogP contribution >= 0.6 is 0 Å². The van der Waals surface area contributed by atoms with Crippen LogP contribution in [0.3, 0.4) is 0 Å². The molecule has 92 valence electrons. The number of halogens is 1. The molecule has 2 aromatic carbocycles. The zero-order valence-corrected chi connectivity index (χ0v) is 10.0. The summed E-state index contributed by atoms with van der Waals surface area (Å²) in [4.78, 5) is 10.5. The van der Waals surface area contributed by atoms with E-state index in [0.717, 1.165) is 18.1 Å². The highest BCUT2D eigenvalue weighted by Crippen LogP contribution is 2.27. The van der Waals surface area contributed by atoms with Gasteiger partial charge in [-0.15, -0.1) is 0 Å². The number of aryl methyl sites for hydroxylation is 1. The van der Waals surface area contributed by atoms with Crippen molar-refractivity contribution in [2.45, 2.75) is 13.3 Å². The highest BCUT2D eigenvalue weighted by Gasteiger charge is 2.08. The molecular weight excluding hydrogens is 231 g/mol. The van der Waals surface area contributed by atoms with Crippen molar-refractivity contribution in [3.8, 4) is 11.5 Å². The number of carbonyl (C=O) groups is 1. The van der Waals surface area contributed by atoms with Crippen molar-refractivity contribution in [3.05, 3.63) is 59.4 Å². The molecule has 2 aromatic rings. The monoisotopic (exact) mass is 244 g/mol. The molecule has 0 heterocycles. The first-order valence-corrected chi connectivity index (χ1v) is 5.75. The van der Waals surface area contributed by atoms with Crippen LogP contribution in [0.1, 0.15) is 22.8 Å². The molecule has 18 heavy (non-hydrogen) atoms. The first-order chi connectivity index (χ1) is 8.74. The molecule has 0 fully saturated rings. The van der Waals surface area contributed by atoms with Gasteiger partial charge in [-0.3, -0.25) is 4.79 Å². The largest absolute Gasteiger partial charge is 0.454 e. The normalized spacial score (nSPS) is 10.1. The lowest BCUT2D eigenvalue weighted by atomic mass is 10.1. The van der Waals surface area contributed by atoms with Gasteiger partial charge in [-0.1, -0.05) is 25.1 Å². The first kappa shape index (κ1) is 12.3. The maximum atomic E-state index is 13.7. The van der Waals surface area contributed by atoms with Crippen LogP contribution in [0.15, 0.2) is 42.5 Å². The summed E-state index contributed by atoms with van der Waals surface area (Å²) in [7, 11) is 0. The minimum atomic E-state index is -0.537. The molecule has 0 bridgehead atoms. The number of aldehydes is 1. The Labute approximate surface area is 105 Å². The third-order valence-corrected chi connectivity index (χ3v) is 2.67. The fourth-order valence-corrected chi connectivity index (χ4v) is 1.69. The number of hydrogen-bond acceptors (Lipinski definition) is 2. The summed E-state index contributed by atoms with van der Waals surface area (Å²) in [6.45, 7) is 2.01. The molecule has 0 unspecified atom stereocenters. The molecule has 0 aliphatic carbocycles. The van der Waals surface area contributed by atoms with Crippen molar-refractivity contribution < 1.29 is 13.9 Å². The summed E-state index contributed by atoms with van der Waals surface area (Å²) in [6.07, 6.45) is 1.41. The zero-order valence-electron chi connectivity index (χ0n) is 10.0. The van der Waals surface area contributed by atoms with Crippen LogP contribution in [0.4, 0.5) is 4.39 Å². The lowest BCUT2D eigenvalue weighted by Gasteiger charge is -2.10. The smallest absolute Gasteiger partial charge is 0.166 e. The molecule has 0 aromatic heterocycles. The Morgan fingerprint density at radius 2 is 1.94 bits per heavy atom. The number of para-hydroxylation sites is 1. The Morgan fingerprint density at radius 1 is 1.17 bits per heavy atom. The van der Waals surface area contributed by atoms with E-state index in [1.807, 2.05) is 25.1 Å². The number of rotatable bonds is 4. The van der Waals surface area contributed by atoms with E-state index in [0.29, 0.717) is 17.6 Å². The molecule has 2 rings (SSSR count). The van der Waals surface area contributed by atoms with Gasteiger partial charge in [0, 0.05) is 5.56 Å². The molecule has 0 aliphatic heterocycles. The summed E-state index contributed by atoms with van der Waals surface area (Å²) in [5.74, 6) is 0.227. The predicted molar refractivity (Wildman–Crippen MR) is 67.7 cm³/mol. The van der Waals surface area contributed by atoms with Gasteiger partial charge in [0.15, 0.2) is 11.6 Å². The van der Waals surface area contributed by atoms with E-state index < -0.39 is 5.82 Å². The molecule has 2 nitrogen and oxygen atoms in total. The van der Waals surface area contributed by atoms with Crippen LogP contribution in [0.25, 0.3) is 0 Å². The molecule has 0 saturated carbocycles. The Hall–Kier alpha value is -2.16. The number of hydrogen-bond donors (Lipinski definition) is 0. The molecular formula is C15H13FO2. The molecule has 0 atom stereocenters. The highest BCUT2D eigenvalue weighted by molar-refractivity contribution is 5.75. The van der Waals surface area contributed by atoms with E-state index in [4.69, 9.17) is 4.74 Å². The van der Waals surface area contributed by atoms with Crippen molar-refractivity contribution in [1.29, 1.82) is 0 Å². The second kappa shape index (κ2) is 5.45. The summed E-state index contributed by atoms with van der Waals surface area (Å²) in [5, 5.41) is 0. The summed E-state index contributed by atoms with van der Waals surface area (Å²) >= 11 is 0. The first-order valence-electron chi connectivity index (χ1n) is 5.75. The zero-order chi connectivity index (χ0) is 13.0. The van der Waals surface area contributed by atoms with Gasteiger partial charge < -0.3 is 4.74 Å². The second-order valence-electron chi connectivity index (χ2n) is 3.87. The van der Waals surface area contributed by atoms with E-state index >= 15 is 0 Å². The van der Waals surface area contributed by atoms with Crippen molar-refractivity contribution in [1.82, 2.24) is 0 Å². The quantitative estimate of drug-likeness (QED) is 0.760. The van der Waals surface area contributed by atoms with E-state index in [-0.39, 0.29) is 5.75 Å². The average molecular weight is 244 g/mol. The van der Waals surface area contributed by atoms with Crippen molar-refractivity contribution >= 4 is 6.29 Å². The minimum absolute atomic E-state index is 0.126. The summed E-state index contributed by atoms with van der Waals surface area (Å²) < 4.78 is 19.2. The molecule has 0 saturated heterocycles.